The second kappa shape index (κ2) is 6.89. The van der Waals surface area contributed by atoms with E-state index in [-0.39, 0.29) is 11.6 Å². The number of hydrogen-bond acceptors (Lipinski definition) is 6. The SMILES string of the molecule is CC(CN(C)Cc1ccccc1)Nc1nn2c(=O)ccnc2s1. The molecule has 1 unspecified atom stereocenters. The molecule has 0 bridgehead atoms. The largest absolute Gasteiger partial charge is 0.356 e. The summed E-state index contributed by atoms with van der Waals surface area (Å²) in [6, 6.07) is 12.0. The molecule has 0 spiro atoms. The van der Waals surface area contributed by atoms with Crippen LogP contribution in [0.15, 0.2) is 47.4 Å². The van der Waals surface area contributed by atoms with Crippen molar-refractivity contribution in [2.75, 3.05) is 18.9 Å². The number of anilines is 1. The lowest BCUT2D eigenvalue weighted by Crippen LogP contribution is -2.32. The molecule has 0 fully saturated rings. The minimum Gasteiger partial charge on any atom is -0.356 e. The van der Waals surface area contributed by atoms with E-state index in [1.165, 1.54) is 33.7 Å². The Balaban J connectivity index is 1.60. The maximum atomic E-state index is 11.7. The Morgan fingerprint density at radius 2 is 2.09 bits per heavy atom. The first-order valence-corrected chi connectivity index (χ1v) is 8.27. The van der Waals surface area contributed by atoms with Gasteiger partial charge in [0.1, 0.15) is 0 Å². The van der Waals surface area contributed by atoms with Crippen molar-refractivity contribution in [3.05, 3.63) is 58.5 Å². The van der Waals surface area contributed by atoms with Crippen LogP contribution in [-0.2, 0) is 6.54 Å². The van der Waals surface area contributed by atoms with E-state index in [9.17, 15) is 4.79 Å². The van der Waals surface area contributed by atoms with Gasteiger partial charge in [-0.25, -0.2) is 4.98 Å². The Morgan fingerprint density at radius 3 is 2.83 bits per heavy atom. The van der Waals surface area contributed by atoms with E-state index in [4.69, 9.17) is 0 Å². The van der Waals surface area contributed by atoms with Crippen molar-refractivity contribution in [2.45, 2.75) is 19.5 Å². The van der Waals surface area contributed by atoms with E-state index in [0.717, 1.165) is 13.1 Å². The smallest absolute Gasteiger partial charge is 0.275 e. The van der Waals surface area contributed by atoms with Crippen LogP contribution in [0.4, 0.5) is 5.13 Å². The van der Waals surface area contributed by atoms with Crippen LogP contribution in [-0.4, -0.2) is 39.1 Å². The highest BCUT2D eigenvalue weighted by Gasteiger charge is 2.11. The molecule has 0 aliphatic carbocycles. The number of aromatic nitrogens is 3. The van der Waals surface area contributed by atoms with Gasteiger partial charge in [0.15, 0.2) is 0 Å². The van der Waals surface area contributed by atoms with Gasteiger partial charge in [-0.3, -0.25) is 4.79 Å². The van der Waals surface area contributed by atoms with Crippen molar-refractivity contribution < 1.29 is 0 Å². The minimum atomic E-state index is -0.159. The third-order valence-electron chi connectivity index (χ3n) is 3.42. The summed E-state index contributed by atoms with van der Waals surface area (Å²) < 4.78 is 1.33. The normalized spacial score (nSPS) is 12.7. The van der Waals surface area contributed by atoms with Crippen LogP contribution < -0.4 is 10.9 Å². The van der Waals surface area contributed by atoms with Gasteiger partial charge in [-0.1, -0.05) is 41.7 Å². The molecule has 1 N–H and O–H groups in total. The molecule has 0 aliphatic rings. The number of nitrogens with zero attached hydrogens (tertiary/aromatic N) is 4. The van der Waals surface area contributed by atoms with E-state index in [1.54, 1.807) is 0 Å². The van der Waals surface area contributed by atoms with Crippen LogP contribution >= 0.6 is 11.3 Å². The van der Waals surface area contributed by atoms with Crippen LogP contribution in [0.3, 0.4) is 0 Å². The molecule has 0 saturated heterocycles. The van der Waals surface area contributed by atoms with Gasteiger partial charge >= 0.3 is 0 Å². The number of fused-ring (bicyclic) bond motifs is 1. The predicted molar refractivity (Wildman–Crippen MR) is 93.0 cm³/mol. The molecule has 0 saturated carbocycles. The Kier molecular flexibility index (Phi) is 4.68. The third kappa shape index (κ3) is 3.94. The van der Waals surface area contributed by atoms with Crippen LogP contribution in [0, 0.1) is 0 Å². The van der Waals surface area contributed by atoms with Crippen molar-refractivity contribution in [3.63, 3.8) is 0 Å². The zero-order valence-electron chi connectivity index (χ0n) is 13.1. The van der Waals surface area contributed by atoms with Gasteiger partial charge in [-0.05, 0) is 19.5 Å². The van der Waals surface area contributed by atoms with Crippen LogP contribution in [0.2, 0.25) is 0 Å². The van der Waals surface area contributed by atoms with E-state index in [1.807, 2.05) is 6.07 Å². The Morgan fingerprint density at radius 1 is 1.30 bits per heavy atom. The highest BCUT2D eigenvalue weighted by atomic mass is 32.1. The highest BCUT2D eigenvalue weighted by Crippen LogP contribution is 2.17. The molecule has 0 amide bonds. The topological polar surface area (TPSA) is 62.5 Å². The average molecular weight is 329 g/mol. The van der Waals surface area contributed by atoms with Crippen molar-refractivity contribution in [1.82, 2.24) is 19.5 Å². The predicted octanol–water partition coefficient (Wildman–Crippen LogP) is 2.08. The molecule has 7 heteroatoms. The standard InChI is InChI=1S/C16H19N5OS/c1-12(10-20(2)11-13-6-4-3-5-7-13)18-15-19-21-14(22)8-9-17-16(21)23-15/h3-9,12H,10-11H2,1-2H3,(H,18,19). The average Bonchev–Trinajstić information content (AvgIpc) is 2.91. The first-order valence-electron chi connectivity index (χ1n) is 7.46. The fraction of sp³-hybridized carbons (Fsp3) is 0.312. The van der Waals surface area contributed by atoms with Crippen LogP contribution in [0.25, 0.3) is 4.96 Å². The molecule has 1 aromatic carbocycles. The molecule has 6 nitrogen and oxygen atoms in total. The summed E-state index contributed by atoms with van der Waals surface area (Å²) in [6.45, 7) is 3.87. The molecule has 2 heterocycles. The second-order valence-electron chi connectivity index (χ2n) is 5.61. The number of hydrogen-bond donors (Lipinski definition) is 1. The fourth-order valence-corrected chi connectivity index (χ4v) is 3.37. The molecule has 0 aliphatic heterocycles. The lowest BCUT2D eigenvalue weighted by atomic mass is 10.2. The number of rotatable bonds is 6. The summed E-state index contributed by atoms with van der Waals surface area (Å²) in [6.07, 6.45) is 1.51. The van der Waals surface area contributed by atoms with Gasteiger partial charge in [-0.2, -0.15) is 4.52 Å². The molecule has 1 atom stereocenters. The molecule has 23 heavy (non-hydrogen) atoms. The summed E-state index contributed by atoms with van der Waals surface area (Å²) in [5.41, 5.74) is 1.13. The third-order valence-corrected chi connectivity index (χ3v) is 4.28. The zero-order valence-corrected chi connectivity index (χ0v) is 14.0. The molecule has 3 rings (SSSR count). The molecular formula is C16H19N5OS. The van der Waals surface area contributed by atoms with Crippen molar-refractivity contribution in [2.24, 2.45) is 0 Å². The van der Waals surface area contributed by atoms with Crippen LogP contribution in [0.5, 0.6) is 0 Å². The van der Waals surface area contributed by atoms with Gasteiger partial charge in [0, 0.05) is 31.4 Å². The first-order chi connectivity index (χ1) is 11.1. The van der Waals surface area contributed by atoms with Gasteiger partial charge in [0.2, 0.25) is 10.1 Å². The Hall–Kier alpha value is -2.25. The monoisotopic (exact) mass is 329 g/mol. The van der Waals surface area contributed by atoms with E-state index in [0.29, 0.717) is 10.1 Å². The van der Waals surface area contributed by atoms with Crippen LogP contribution in [0.1, 0.15) is 12.5 Å². The Labute approximate surface area is 138 Å². The summed E-state index contributed by atoms with van der Waals surface area (Å²) in [5, 5.41) is 8.32. The fourth-order valence-electron chi connectivity index (χ4n) is 2.49. The van der Waals surface area contributed by atoms with E-state index < -0.39 is 0 Å². The maximum absolute atomic E-state index is 11.7. The van der Waals surface area contributed by atoms with Crippen molar-refractivity contribution in [1.29, 1.82) is 0 Å². The molecular weight excluding hydrogens is 310 g/mol. The summed E-state index contributed by atoms with van der Waals surface area (Å²) >= 11 is 1.38. The van der Waals surface area contributed by atoms with Gasteiger partial charge in [0.25, 0.3) is 5.56 Å². The maximum Gasteiger partial charge on any atom is 0.275 e. The Bertz CT molecular complexity index is 829. The first kappa shape index (κ1) is 15.6. The molecule has 3 aromatic rings. The molecule has 120 valence electrons. The lowest BCUT2D eigenvalue weighted by molar-refractivity contribution is 0.316. The summed E-state index contributed by atoms with van der Waals surface area (Å²) in [7, 11) is 2.09. The summed E-state index contributed by atoms with van der Waals surface area (Å²) in [5.74, 6) is 0. The molecule has 2 aromatic heterocycles. The quantitative estimate of drug-likeness (QED) is 0.750. The van der Waals surface area contributed by atoms with Gasteiger partial charge in [-0.15, -0.1) is 5.10 Å². The van der Waals surface area contributed by atoms with E-state index >= 15 is 0 Å². The van der Waals surface area contributed by atoms with Gasteiger partial charge in [0.05, 0.1) is 0 Å². The number of nitrogens with one attached hydrogen (secondary N) is 1. The van der Waals surface area contributed by atoms with Gasteiger partial charge < -0.3 is 10.2 Å². The van der Waals surface area contributed by atoms with E-state index in [2.05, 4.69) is 58.5 Å². The number of likely N-dealkylation sites (N-methyl/N-ethyl adjacent to an activating group) is 1. The summed E-state index contributed by atoms with van der Waals surface area (Å²) in [4.78, 5) is 18.7. The highest BCUT2D eigenvalue weighted by molar-refractivity contribution is 7.20. The second-order valence-corrected chi connectivity index (χ2v) is 6.57. The number of benzene rings is 1. The zero-order chi connectivity index (χ0) is 16.2. The van der Waals surface area contributed by atoms with Crippen molar-refractivity contribution in [3.8, 4) is 0 Å². The minimum absolute atomic E-state index is 0.159. The molecule has 0 radical (unpaired) electrons. The van der Waals surface area contributed by atoms with Crippen molar-refractivity contribution >= 4 is 21.4 Å². The lowest BCUT2D eigenvalue weighted by Gasteiger charge is -2.21.